The van der Waals surface area contributed by atoms with Gasteiger partial charge < -0.3 is 11.1 Å². The van der Waals surface area contributed by atoms with Gasteiger partial charge in [-0.25, -0.2) is 4.99 Å². The van der Waals surface area contributed by atoms with E-state index in [-0.39, 0.29) is 0 Å². The zero-order valence-electron chi connectivity index (χ0n) is 14.2. The fourth-order valence-electron chi connectivity index (χ4n) is 2.39. The molecule has 0 spiro atoms. The molecule has 0 aromatic carbocycles. The topological polar surface area (TPSA) is 68.2 Å². The van der Waals surface area contributed by atoms with Crippen molar-refractivity contribution in [3.8, 4) is 0 Å². The van der Waals surface area contributed by atoms with Gasteiger partial charge in [0.2, 0.25) is 0 Å². The molecular weight excluding hydrogens is 262 g/mol. The first kappa shape index (κ1) is 17.5. The molecule has 1 heterocycles. The van der Waals surface area contributed by atoms with Crippen LogP contribution >= 0.6 is 0 Å². The maximum atomic E-state index is 5.96. The molecule has 3 N–H and O–H groups in total. The summed E-state index contributed by atoms with van der Waals surface area (Å²) in [7, 11) is 1.94. The first-order valence-electron chi connectivity index (χ1n) is 8.00. The molecule has 1 rings (SSSR count). The van der Waals surface area contributed by atoms with Gasteiger partial charge >= 0.3 is 0 Å². The molecular formula is C16H31N5. The van der Waals surface area contributed by atoms with Crippen LogP contribution in [0.1, 0.15) is 58.2 Å². The van der Waals surface area contributed by atoms with Gasteiger partial charge in [-0.15, -0.1) is 0 Å². The van der Waals surface area contributed by atoms with Crippen molar-refractivity contribution < 1.29 is 0 Å². The molecule has 0 saturated heterocycles. The van der Waals surface area contributed by atoms with Crippen molar-refractivity contribution in [2.75, 3.05) is 0 Å². The molecule has 0 amide bonds. The van der Waals surface area contributed by atoms with E-state index in [1.165, 1.54) is 12.8 Å². The molecule has 0 aliphatic carbocycles. The summed E-state index contributed by atoms with van der Waals surface area (Å²) in [6.45, 7) is 9.37. The first-order chi connectivity index (χ1) is 9.92. The van der Waals surface area contributed by atoms with Crippen LogP contribution in [-0.2, 0) is 20.0 Å². The zero-order valence-corrected chi connectivity index (χ0v) is 14.2. The highest BCUT2D eigenvalue weighted by Gasteiger charge is 2.06. The minimum absolute atomic E-state index is 0.368. The van der Waals surface area contributed by atoms with Crippen LogP contribution in [0.2, 0.25) is 0 Å². The third kappa shape index (κ3) is 6.65. The SMILES string of the molecule is CCc1nn(C)cc1CN=C(N)NC(C)CCCC(C)C. The van der Waals surface area contributed by atoms with E-state index >= 15 is 0 Å². The third-order valence-corrected chi connectivity index (χ3v) is 3.56. The molecule has 0 bridgehead atoms. The van der Waals surface area contributed by atoms with Crippen LogP contribution in [0.4, 0.5) is 0 Å². The molecule has 0 aliphatic rings. The van der Waals surface area contributed by atoms with Gasteiger partial charge in [-0.1, -0.05) is 33.6 Å². The van der Waals surface area contributed by atoms with Gasteiger partial charge in [-0.05, 0) is 25.7 Å². The predicted octanol–water partition coefficient (Wildman–Crippen LogP) is 2.60. The van der Waals surface area contributed by atoms with E-state index in [0.29, 0.717) is 18.5 Å². The van der Waals surface area contributed by atoms with Crippen molar-refractivity contribution in [3.63, 3.8) is 0 Å². The van der Waals surface area contributed by atoms with E-state index in [4.69, 9.17) is 5.73 Å². The molecule has 5 nitrogen and oxygen atoms in total. The van der Waals surface area contributed by atoms with Crippen LogP contribution in [0.15, 0.2) is 11.2 Å². The molecule has 0 saturated carbocycles. The van der Waals surface area contributed by atoms with Crippen molar-refractivity contribution in [1.29, 1.82) is 0 Å². The average Bonchev–Trinajstić information content (AvgIpc) is 2.76. The molecule has 0 aliphatic heterocycles. The van der Waals surface area contributed by atoms with E-state index in [9.17, 15) is 0 Å². The van der Waals surface area contributed by atoms with Crippen LogP contribution in [-0.4, -0.2) is 21.8 Å². The quantitative estimate of drug-likeness (QED) is 0.572. The normalized spacial score (nSPS) is 13.7. The van der Waals surface area contributed by atoms with Crippen LogP contribution in [0.3, 0.4) is 0 Å². The van der Waals surface area contributed by atoms with Crippen LogP contribution in [0, 0.1) is 5.92 Å². The van der Waals surface area contributed by atoms with Gasteiger partial charge in [0.15, 0.2) is 5.96 Å². The number of aliphatic imine (C=N–C) groups is 1. The number of aryl methyl sites for hydroxylation is 2. The summed E-state index contributed by atoms with van der Waals surface area (Å²) in [5.41, 5.74) is 8.21. The lowest BCUT2D eigenvalue weighted by Gasteiger charge is -2.15. The van der Waals surface area contributed by atoms with Crippen molar-refractivity contribution >= 4 is 5.96 Å². The minimum Gasteiger partial charge on any atom is -0.370 e. The second kappa shape index (κ2) is 8.70. The number of nitrogens with one attached hydrogen (secondary N) is 1. The average molecular weight is 293 g/mol. The lowest BCUT2D eigenvalue weighted by molar-refractivity contribution is 0.493. The smallest absolute Gasteiger partial charge is 0.189 e. The maximum absolute atomic E-state index is 5.96. The molecule has 1 unspecified atom stereocenters. The second-order valence-corrected chi connectivity index (χ2v) is 6.20. The Morgan fingerprint density at radius 3 is 2.71 bits per heavy atom. The number of aromatic nitrogens is 2. The van der Waals surface area contributed by atoms with E-state index in [1.54, 1.807) is 0 Å². The lowest BCUT2D eigenvalue weighted by atomic mass is 10.0. The van der Waals surface area contributed by atoms with Crippen LogP contribution in [0.5, 0.6) is 0 Å². The molecule has 5 heteroatoms. The first-order valence-corrected chi connectivity index (χ1v) is 8.00. The summed E-state index contributed by atoms with van der Waals surface area (Å²) in [6, 6.07) is 0.368. The maximum Gasteiger partial charge on any atom is 0.189 e. The Morgan fingerprint density at radius 2 is 2.10 bits per heavy atom. The van der Waals surface area contributed by atoms with Crippen molar-refractivity contribution in [3.05, 3.63) is 17.5 Å². The van der Waals surface area contributed by atoms with Crippen molar-refractivity contribution in [1.82, 2.24) is 15.1 Å². The van der Waals surface area contributed by atoms with Gasteiger partial charge in [0.25, 0.3) is 0 Å². The van der Waals surface area contributed by atoms with E-state index < -0.39 is 0 Å². The molecule has 1 aromatic heterocycles. The van der Waals surface area contributed by atoms with Gasteiger partial charge in [0, 0.05) is 24.8 Å². The van der Waals surface area contributed by atoms with Gasteiger partial charge in [-0.3, -0.25) is 4.68 Å². The Kier molecular flexibility index (Phi) is 7.26. The van der Waals surface area contributed by atoms with E-state index in [2.05, 4.69) is 43.1 Å². The summed E-state index contributed by atoms with van der Waals surface area (Å²) in [5, 5.41) is 7.68. The highest BCUT2D eigenvalue weighted by Crippen LogP contribution is 2.09. The predicted molar refractivity (Wildman–Crippen MR) is 89.2 cm³/mol. The number of nitrogens with two attached hydrogens (primary N) is 1. The highest BCUT2D eigenvalue weighted by atomic mass is 15.3. The van der Waals surface area contributed by atoms with E-state index in [1.807, 2.05) is 17.9 Å². The zero-order chi connectivity index (χ0) is 15.8. The minimum atomic E-state index is 0.368. The van der Waals surface area contributed by atoms with Crippen molar-refractivity contribution in [2.24, 2.45) is 23.7 Å². The molecule has 0 radical (unpaired) electrons. The van der Waals surface area contributed by atoms with Crippen LogP contribution < -0.4 is 11.1 Å². The molecule has 120 valence electrons. The summed E-state index contributed by atoms with van der Waals surface area (Å²) < 4.78 is 1.84. The molecule has 1 atom stereocenters. The monoisotopic (exact) mass is 293 g/mol. The van der Waals surface area contributed by atoms with E-state index in [0.717, 1.165) is 30.0 Å². The molecule has 1 aromatic rings. The number of hydrogen-bond donors (Lipinski definition) is 2. The van der Waals surface area contributed by atoms with Crippen LogP contribution in [0.25, 0.3) is 0 Å². The standard InChI is InChI=1S/C16H31N5/c1-6-15-14(11-21(5)20-15)10-18-16(17)19-13(4)9-7-8-12(2)3/h11-13H,6-10H2,1-5H3,(H3,17,18,19). The van der Waals surface area contributed by atoms with Crippen molar-refractivity contribution in [2.45, 2.75) is 66.0 Å². The number of rotatable bonds is 8. The summed E-state index contributed by atoms with van der Waals surface area (Å²) in [6.07, 6.45) is 6.55. The summed E-state index contributed by atoms with van der Waals surface area (Å²) in [4.78, 5) is 4.43. The molecule has 0 fully saturated rings. The third-order valence-electron chi connectivity index (χ3n) is 3.56. The lowest BCUT2D eigenvalue weighted by Crippen LogP contribution is -2.38. The fourth-order valence-corrected chi connectivity index (χ4v) is 2.39. The number of hydrogen-bond acceptors (Lipinski definition) is 2. The highest BCUT2D eigenvalue weighted by molar-refractivity contribution is 5.78. The van der Waals surface area contributed by atoms with Gasteiger partial charge in [0.1, 0.15) is 0 Å². The molecule has 21 heavy (non-hydrogen) atoms. The van der Waals surface area contributed by atoms with Gasteiger partial charge in [-0.2, -0.15) is 5.10 Å². The Labute approximate surface area is 129 Å². The van der Waals surface area contributed by atoms with Gasteiger partial charge in [0.05, 0.1) is 12.2 Å². The largest absolute Gasteiger partial charge is 0.370 e. The Bertz CT molecular complexity index is 448. The Hall–Kier alpha value is -1.52. The summed E-state index contributed by atoms with van der Waals surface area (Å²) in [5.74, 6) is 1.29. The second-order valence-electron chi connectivity index (χ2n) is 6.20. The number of guanidine groups is 1. The fraction of sp³-hybridized carbons (Fsp3) is 0.750. The number of nitrogens with zero attached hydrogens (tertiary/aromatic N) is 3. The Morgan fingerprint density at radius 1 is 1.38 bits per heavy atom. The Balaban J connectivity index is 2.41. The summed E-state index contributed by atoms with van der Waals surface area (Å²) >= 11 is 0.